The summed E-state index contributed by atoms with van der Waals surface area (Å²) in [5.74, 6) is 1.98. The highest BCUT2D eigenvalue weighted by Crippen LogP contribution is 2.34. The maximum atomic E-state index is 4.60. The van der Waals surface area contributed by atoms with E-state index in [0.717, 1.165) is 5.92 Å². The van der Waals surface area contributed by atoms with Crippen LogP contribution >= 0.6 is 24.4 Å². The molecule has 0 radical (unpaired) electrons. The van der Waals surface area contributed by atoms with Crippen LogP contribution in [-0.2, 0) is 0 Å². The van der Waals surface area contributed by atoms with Crippen LogP contribution in [0.2, 0.25) is 0 Å². The minimum atomic E-state index is 0.482. The molecule has 0 aliphatic heterocycles. The third-order valence-corrected chi connectivity index (χ3v) is 6.11. The Balaban J connectivity index is 3.91. The summed E-state index contributed by atoms with van der Waals surface area (Å²) in [6.07, 6.45) is 3.72. The maximum absolute atomic E-state index is 4.60. The fourth-order valence-corrected chi connectivity index (χ4v) is 2.85. The fourth-order valence-electron chi connectivity index (χ4n) is 1.30. The van der Waals surface area contributed by atoms with Gasteiger partial charge in [0.2, 0.25) is 0 Å². The van der Waals surface area contributed by atoms with Crippen LogP contribution in [-0.4, -0.2) is 15.7 Å². The van der Waals surface area contributed by atoms with E-state index in [1.54, 1.807) is 0 Å². The molecule has 0 saturated carbocycles. The highest BCUT2D eigenvalue weighted by Gasteiger charge is 2.22. The van der Waals surface area contributed by atoms with Crippen LogP contribution in [0.3, 0.4) is 0 Å². The van der Waals surface area contributed by atoms with Crippen molar-refractivity contribution in [1.29, 1.82) is 0 Å². The summed E-state index contributed by atoms with van der Waals surface area (Å²) >= 11 is 6.73. The van der Waals surface area contributed by atoms with E-state index in [9.17, 15) is 0 Å². The van der Waals surface area contributed by atoms with Gasteiger partial charge in [-0.2, -0.15) is 24.4 Å². The van der Waals surface area contributed by atoms with Crippen molar-refractivity contribution in [2.45, 2.75) is 63.9 Å². The molecule has 2 heteroatoms. The molecule has 0 aromatic rings. The van der Waals surface area contributed by atoms with Crippen LogP contribution in [0, 0.1) is 5.92 Å². The van der Waals surface area contributed by atoms with Crippen molar-refractivity contribution >= 4 is 24.4 Å². The first-order chi connectivity index (χ1) is 6.49. The standard InChI is InChI=1S/C12H26S2/c1-6-11(13)10(4)9-14-12(5,7-2)8-3/h10-11,13H,6-9H2,1-5H3. The van der Waals surface area contributed by atoms with Crippen LogP contribution in [0.1, 0.15) is 53.9 Å². The summed E-state index contributed by atoms with van der Waals surface area (Å²) in [4.78, 5) is 0. The van der Waals surface area contributed by atoms with Gasteiger partial charge in [0.25, 0.3) is 0 Å². The van der Waals surface area contributed by atoms with Gasteiger partial charge in [-0.1, -0.05) is 34.6 Å². The quantitative estimate of drug-likeness (QED) is 0.626. The molecule has 0 aromatic carbocycles. The van der Waals surface area contributed by atoms with Crippen LogP contribution in [0.5, 0.6) is 0 Å². The Morgan fingerprint density at radius 3 is 2.07 bits per heavy atom. The van der Waals surface area contributed by atoms with Gasteiger partial charge in [-0.05, 0) is 30.9 Å². The third-order valence-electron chi connectivity index (χ3n) is 3.27. The molecule has 14 heavy (non-hydrogen) atoms. The van der Waals surface area contributed by atoms with Crippen molar-refractivity contribution in [3.8, 4) is 0 Å². The second-order valence-electron chi connectivity index (χ2n) is 4.42. The maximum Gasteiger partial charge on any atom is 0.0126 e. The lowest BCUT2D eigenvalue weighted by Gasteiger charge is -2.28. The Hall–Kier alpha value is 0.700. The molecule has 0 amide bonds. The van der Waals surface area contributed by atoms with Gasteiger partial charge < -0.3 is 0 Å². The Morgan fingerprint density at radius 1 is 1.21 bits per heavy atom. The smallest absolute Gasteiger partial charge is 0.0126 e. The first-order valence-electron chi connectivity index (χ1n) is 5.81. The zero-order valence-corrected chi connectivity index (χ0v) is 12.0. The molecule has 86 valence electrons. The summed E-state index contributed by atoms with van der Waals surface area (Å²) in [6.45, 7) is 11.5. The third kappa shape index (κ3) is 4.97. The van der Waals surface area contributed by atoms with Crippen molar-refractivity contribution in [2.24, 2.45) is 5.92 Å². The lowest BCUT2D eigenvalue weighted by molar-refractivity contribution is 0.577. The molecule has 2 unspecified atom stereocenters. The van der Waals surface area contributed by atoms with E-state index in [0.29, 0.717) is 10.00 Å². The van der Waals surface area contributed by atoms with Gasteiger partial charge in [0.1, 0.15) is 0 Å². The van der Waals surface area contributed by atoms with Gasteiger partial charge in [0, 0.05) is 10.00 Å². The predicted octanol–water partition coefficient (Wildman–Crippen LogP) is 4.64. The molecule has 2 atom stereocenters. The van der Waals surface area contributed by atoms with Crippen molar-refractivity contribution in [3.63, 3.8) is 0 Å². The van der Waals surface area contributed by atoms with Gasteiger partial charge in [-0.15, -0.1) is 0 Å². The summed E-state index contributed by atoms with van der Waals surface area (Å²) in [5.41, 5.74) is 0. The largest absolute Gasteiger partial charge is 0.176 e. The Morgan fingerprint density at radius 2 is 1.71 bits per heavy atom. The van der Waals surface area contributed by atoms with Crippen molar-refractivity contribution < 1.29 is 0 Å². The zero-order valence-electron chi connectivity index (χ0n) is 10.3. The van der Waals surface area contributed by atoms with Crippen LogP contribution in [0.4, 0.5) is 0 Å². The van der Waals surface area contributed by atoms with Crippen molar-refractivity contribution in [3.05, 3.63) is 0 Å². The van der Waals surface area contributed by atoms with Gasteiger partial charge in [0.05, 0.1) is 0 Å². The number of thiol groups is 1. The molecule has 0 saturated heterocycles. The summed E-state index contributed by atoms with van der Waals surface area (Å²) in [6, 6.07) is 0. The first kappa shape index (κ1) is 14.7. The molecule has 0 aromatic heterocycles. The molecule has 0 heterocycles. The van der Waals surface area contributed by atoms with Gasteiger partial charge >= 0.3 is 0 Å². The minimum Gasteiger partial charge on any atom is -0.176 e. The van der Waals surface area contributed by atoms with Crippen molar-refractivity contribution in [2.75, 3.05) is 5.75 Å². The molecule has 0 N–H and O–H groups in total. The highest BCUT2D eigenvalue weighted by atomic mass is 32.2. The lowest BCUT2D eigenvalue weighted by Crippen LogP contribution is -2.22. The first-order valence-corrected chi connectivity index (χ1v) is 7.31. The van der Waals surface area contributed by atoms with Gasteiger partial charge in [-0.25, -0.2) is 0 Å². The average Bonchev–Trinajstić information content (AvgIpc) is 2.24. The number of thioether (sulfide) groups is 1. The van der Waals surface area contributed by atoms with Crippen molar-refractivity contribution in [1.82, 2.24) is 0 Å². The fraction of sp³-hybridized carbons (Fsp3) is 1.00. The van der Waals surface area contributed by atoms with E-state index >= 15 is 0 Å². The average molecular weight is 234 g/mol. The topological polar surface area (TPSA) is 0 Å². The second kappa shape index (κ2) is 7.05. The van der Waals surface area contributed by atoms with Gasteiger partial charge in [0.15, 0.2) is 0 Å². The number of hydrogen-bond donors (Lipinski definition) is 1. The van der Waals surface area contributed by atoms with E-state index in [-0.39, 0.29) is 0 Å². The molecule has 0 bridgehead atoms. The SMILES string of the molecule is CCC(S)C(C)CSC(C)(CC)CC. The lowest BCUT2D eigenvalue weighted by atomic mass is 10.1. The normalized spacial score (nSPS) is 16.7. The van der Waals surface area contributed by atoms with Crippen LogP contribution in [0.25, 0.3) is 0 Å². The second-order valence-corrected chi connectivity index (χ2v) is 6.69. The van der Waals surface area contributed by atoms with Gasteiger partial charge in [-0.3, -0.25) is 0 Å². The number of rotatable bonds is 7. The molecular formula is C12H26S2. The summed E-state index contributed by atoms with van der Waals surface area (Å²) in [5, 5.41) is 0.570. The van der Waals surface area contributed by atoms with E-state index < -0.39 is 0 Å². The van der Waals surface area contributed by atoms with E-state index in [4.69, 9.17) is 0 Å². The predicted molar refractivity (Wildman–Crippen MR) is 73.7 cm³/mol. The molecule has 0 fully saturated rings. The zero-order chi connectivity index (χ0) is 11.2. The van der Waals surface area contributed by atoms with E-state index in [2.05, 4.69) is 59.0 Å². The number of hydrogen-bond acceptors (Lipinski definition) is 2. The Labute approximate surface area is 100 Å². The highest BCUT2D eigenvalue weighted by molar-refractivity contribution is 8.00. The molecule has 0 aliphatic rings. The van der Waals surface area contributed by atoms with Crippen LogP contribution in [0.15, 0.2) is 0 Å². The molecule has 0 rings (SSSR count). The Bertz CT molecular complexity index is 141. The van der Waals surface area contributed by atoms with Crippen LogP contribution < -0.4 is 0 Å². The van der Waals surface area contributed by atoms with E-state index in [1.165, 1.54) is 25.0 Å². The Kier molecular flexibility index (Phi) is 7.41. The molecule has 0 spiro atoms. The molecule has 0 nitrogen and oxygen atoms in total. The summed E-state index contributed by atoms with van der Waals surface area (Å²) in [7, 11) is 0. The minimum absolute atomic E-state index is 0.482. The van der Waals surface area contributed by atoms with E-state index in [1.807, 2.05) is 0 Å². The molecule has 0 aliphatic carbocycles. The monoisotopic (exact) mass is 234 g/mol. The summed E-state index contributed by atoms with van der Waals surface area (Å²) < 4.78 is 0.482. The molecular weight excluding hydrogens is 208 g/mol.